The van der Waals surface area contributed by atoms with Crippen molar-refractivity contribution in [2.24, 2.45) is 11.7 Å². The molecule has 0 aliphatic rings. The summed E-state index contributed by atoms with van der Waals surface area (Å²) in [6.07, 6.45) is 2.54. The molecule has 0 aromatic heterocycles. The van der Waals surface area contributed by atoms with E-state index in [0.717, 1.165) is 12.8 Å². The molecule has 0 aliphatic carbocycles. The zero-order chi connectivity index (χ0) is 13.4. The Morgan fingerprint density at radius 1 is 1.28 bits per heavy atom. The predicted molar refractivity (Wildman–Crippen MR) is 75.0 cm³/mol. The van der Waals surface area contributed by atoms with Gasteiger partial charge in [-0.05, 0) is 30.9 Å². The van der Waals surface area contributed by atoms with Gasteiger partial charge in [0.2, 0.25) is 5.91 Å². The van der Waals surface area contributed by atoms with Gasteiger partial charge in [-0.15, -0.1) is 0 Å². The molecule has 18 heavy (non-hydrogen) atoms. The molecule has 0 radical (unpaired) electrons. The van der Waals surface area contributed by atoms with Gasteiger partial charge in [0.25, 0.3) is 0 Å². The second-order valence-electron chi connectivity index (χ2n) is 4.96. The van der Waals surface area contributed by atoms with Crippen LogP contribution in [0.25, 0.3) is 0 Å². The molecule has 1 unspecified atom stereocenters. The lowest BCUT2D eigenvalue weighted by Gasteiger charge is -2.18. The summed E-state index contributed by atoms with van der Waals surface area (Å²) in [7, 11) is 1.86. The summed E-state index contributed by atoms with van der Waals surface area (Å²) in [5, 5.41) is 0. The fourth-order valence-corrected chi connectivity index (χ4v) is 1.94. The van der Waals surface area contributed by atoms with Crippen molar-refractivity contribution in [3.8, 4) is 0 Å². The Balaban J connectivity index is 2.33. The normalized spacial score (nSPS) is 12.2. The van der Waals surface area contributed by atoms with Gasteiger partial charge in [-0.1, -0.05) is 37.3 Å². The second kappa shape index (κ2) is 7.88. The first-order valence-electron chi connectivity index (χ1n) is 6.61. The number of amides is 1. The van der Waals surface area contributed by atoms with Crippen LogP contribution in [-0.4, -0.2) is 24.4 Å². The molecule has 2 N–H and O–H groups in total. The van der Waals surface area contributed by atoms with Crippen molar-refractivity contribution in [3.05, 3.63) is 35.9 Å². The van der Waals surface area contributed by atoms with Crippen LogP contribution < -0.4 is 5.73 Å². The lowest BCUT2D eigenvalue weighted by molar-refractivity contribution is -0.130. The van der Waals surface area contributed by atoms with Crippen LogP contribution in [0.1, 0.15) is 31.7 Å². The molecule has 3 heteroatoms. The van der Waals surface area contributed by atoms with E-state index < -0.39 is 0 Å². The second-order valence-corrected chi connectivity index (χ2v) is 4.96. The van der Waals surface area contributed by atoms with Gasteiger partial charge in [0.05, 0.1) is 0 Å². The largest absolute Gasteiger partial charge is 0.341 e. The van der Waals surface area contributed by atoms with E-state index in [9.17, 15) is 4.79 Å². The van der Waals surface area contributed by atoms with Crippen molar-refractivity contribution >= 4 is 5.91 Å². The molecule has 0 bridgehead atoms. The van der Waals surface area contributed by atoms with Crippen LogP contribution in [0.4, 0.5) is 0 Å². The standard InChI is InChI=1S/C15H24N2O/c1-13(10-11-16)8-9-15(18)17(2)12-14-6-4-3-5-7-14/h3-7,13H,8-12,16H2,1-2H3. The SMILES string of the molecule is CC(CCN)CCC(=O)N(C)Cc1ccccc1. The van der Waals surface area contributed by atoms with E-state index in [2.05, 4.69) is 6.92 Å². The summed E-state index contributed by atoms with van der Waals surface area (Å²) in [4.78, 5) is 13.7. The van der Waals surface area contributed by atoms with E-state index in [1.165, 1.54) is 5.56 Å². The van der Waals surface area contributed by atoms with Gasteiger partial charge >= 0.3 is 0 Å². The molecule has 1 rings (SSSR count). The maximum atomic E-state index is 12.0. The fourth-order valence-electron chi connectivity index (χ4n) is 1.94. The highest BCUT2D eigenvalue weighted by Gasteiger charge is 2.11. The van der Waals surface area contributed by atoms with Crippen LogP contribution >= 0.6 is 0 Å². The van der Waals surface area contributed by atoms with Crippen molar-refractivity contribution in [3.63, 3.8) is 0 Å². The topological polar surface area (TPSA) is 46.3 Å². The van der Waals surface area contributed by atoms with Crippen LogP contribution in [-0.2, 0) is 11.3 Å². The van der Waals surface area contributed by atoms with Gasteiger partial charge in [-0.2, -0.15) is 0 Å². The third-order valence-corrected chi connectivity index (χ3v) is 3.20. The number of benzene rings is 1. The first kappa shape index (κ1) is 14.7. The van der Waals surface area contributed by atoms with Crippen LogP contribution in [0.3, 0.4) is 0 Å². The molecular formula is C15H24N2O. The van der Waals surface area contributed by atoms with Crippen LogP contribution in [0.2, 0.25) is 0 Å². The minimum Gasteiger partial charge on any atom is -0.341 e. The van der Waals surface area contributed by atoms with Crippen molar-refractivity contribution in [2.45, 2.75) is 32.7 Å². The molecule has 0 fully saturated rings. The Bertz CT molecular complexity index is 351. The van der Waals surface area contributed by atoms with Crippen molar-refractivity contribution in [1.29, 1.82) is 0 Å². The summed E-state index contributed by atoms with van der Waals surface area (Å²) in [5.74, 6) is 0.742. The van der Waals surface area contributed by atoms with Gasteiger partial charge < -0.3 is 10.6 Å². The third kappa shape index (κ3) is 5.32. The Morgan fingerprint density at radius 3 is 2.56 bits per heavy atom. The van der Waals surface area contributed by atoms with E-state index in [4.69, 9.17) is 5.73 Å². The predicted octanol–water partition coefficient (Wildman–Crippen LogP) is 2.41. The number of rotatable bonds is 7. The van der Waals surface area contributed by atoms with Crippen LogP contribution in [0.15, 0.2) is 30.3 Å². The Hall–Kier alpha value is -1.35. The molecule has 0 saturated carbocycles. The maximum absolute atomic E-state index is 12.0. The van der Waals surface area contributed by atoms with Gasteiger partial charge in [-0.25, -0.2) is 0 Å². The molecular weight excluding hydrogens is 224 g/mol. The van der Waals surface area contributed by atoms with Crippen LogP contribution in [0.5, 0.6) is 0 Å². The third-order valence-electron chi connectivity index (χ3n) is 3.20. The molecule has 100 valence electrons. The summed E-state index contributed by atoms with van der Waals surface area (Å²) in [6, 6.07) is 10.1. The zero-order valence-corrected chi connectivity index (χ0v) is 11.4. The van der Waals surface area contributed by atoms with E-state index in [0.29, 0.717) is 25.4 Å². The van der Waals surface area contributed by atoms with E-state index in [1.54, 1.807) is 4.90 Å². The number of hydrogen-bond donors (Lipinski definition) is 1. The van der Waals surface area contributed by atoms with Gasteiger partial charge in [0.15, 0.2) is 0 Å². The van der Waals surface area contributed by atoms with E-state index >= 15 is 0 Å². The quantitative estimate of drug-likeness (QED) is 0.805. The Morgan fingerprint density at radius 2 is 1.94 bits per heavy atom. The maximum Gasteiger partial charge on any atom is 0.222 e. The zero-order valence-electron chi connectivity index (χ0n) is 11.4. The number of carbonyl (C=O) groups excluding carboxylic acids is 1. The highest BCUT2D eigenvalue weighted by molar-refractivity contribution is 5.75. The average Bonchev–Trinajstić information content (AvgIpc) is 2.37. The fraction of sp³-hybridized carbons (Fsp3) is 0.533. The minimum absolute atomic E-state index is 0.211. The highest BCUT2D eigenvalue weighted by atomic mass is 16.2. The molecule has 0 saturated heterocycles. The Labute approximate surface area is 110 Å². The van der Waals surface area contributed by atoms with Crippen LogP contribution in [0, 0.1) is 5.92 Å². The first-order valence-corrected chi connectivity index (χ1v) is 6.61. The first-order chi connectivity index (χ1) is 8.63. The summed E-state index contributed by atoms with van der Waals surface area (Å²) >= 11 is 0. The number of carbonyl (C=O) groups is 1. The smallest absolute Gasteiger partial charge is 0.222 e. The highest BCUT2D eigenvalue weighted by Crippen LogP contribution is 2.11. The number of nitrogens with two attached hydrogens (primary N) is 1. The summed E-state index contributed by atoms with van der Waals surface area (Å²) < 4.78 is 0. The molecule has 0 aliphatic heterocycles. The molecule has 1 aromatic carbocycles. The van der Waals surface area contributed by atoms with Crippen molar-refractivity contribution in [1.82, 2.24) is 4.90 Å². The molecule has 3 nitrogen and oxygen atoms in total. The average molecular weight is 248 g/mol. The monoisotopic (exact) mass is 248 g/mol. The number of hydrogen-bond acceptors (Lipinski definition) is 2. The lowest BCUT2D eigenvalue weighted by atomic mass is 10.0. The molecule has 0 spiro atoms. The molecule has 1 aromatic rings. The summed E-state index contributed by atoms with van der Waals surface area (Å²) in [5.41, 5.74) is 6.67. The van der Waals surface area contributed by atoms with Crippen molar-refractivity contribution < 1.29 is 4.79 Å². The lowest BCUT2D eigenvalue weighted by Crippen LogP contribution is -2.26. The Kier molecular flexibility index (Phi) is 6.44. The van der Waals surface area contributed by atoms with Gasteiger partial charge in [-0.3, -0.25) is 4.79 Å². The molecule has 1 atom stereocenters. The number of nitrogens with zero attached hydrogens (tertiary/aromatic N) is 1. The summed E-state index contributed by atoms with van der Waals surface area (Å²) in [6.45, 7) is 3.54. The van der Waals surface area contributed by atoms with Gasteiger partial charge in [0, 0.05) is 20.0 Å². The van der Waals surface area contributed by atoms with E-state index in [-0.39, 0.29) is 5.91 Å². The van der Waals surface area contributed by atoms with Gasteiger partial charge in [0.1, 0.15) is 0 Å². The minimum atomic E-state index is 0.211. The van der Waals surface area contributed by atoms with E-state index in [1.807, 2.05) is 37.4 Å². The molecule has 1 amide bonds. The van der Waals surface area contributed by atoms with Crippen molar-refractivity contribution in [2.75, 3.05) is 13.6 Å². The molecule has 0 heterocycles.